The Morgan fingerprint density at radius 2 is 2.36 bits per heavy atom. The maximum Gasteiger partial charge on any atom is 0.410 e. The molecule has 1 spiro atoms. The summed E-state index contributed by atoms with van der Waals surface area (Å²) >= 11 is 0. The first-order valence-corrected chi connectivity index (χ1v) is 5.44. The summed E-state index contributed by atoms with van der Waals surface area (Å²) in [6.45, 7) is 5.55. The Balaban J connectivity index is 2.05. The van der Waals surface area contributed by atoms with E-state index in [1.54, 1.807) is 4.90 Å². The first-order valence-electron chi connectivity index (χ1n) is 5.44. The van der Waals surface area contributed by atoms with E-state index in [9.17, 15) is 4.79 Å². The largest absolute Gasteiger partial charge is 0.441 e. The van der Waals surface area contributed by atoms with E-state index in [0.717, 1.165) is 45.4 Å². The molecule has 0 radical (unpaired) electrons. The predicted molar refractivity (Wildman–Crippen MR) is 53.2 cm³/mol. The van der Waals surface area contributed by atoms with Crippen LogP contribution in [0.15, 0.2) is 0 Å². The number of hydrogen-bond donors (Lipinski definition) is 1. The molecule has 0 aromatic heterocycles. The Bertz CT molecular complexity index is 222. The molecule has 2 rings (SSSR count). The molecule has 2 heterocycles. The van der Waals surface area contributed by atoms with Crippen molar-refractivity contribution in [3.8, 4) is 0 Å². The first-order chi connectivity index (χ1) is 6.76. The summed E-state index contributed by atoms with van der Waals surface area (Å²) in [5, 5.41) is 3.34. The number of nitrogens with one attached hydrogen (secondary N) is 1. The normalized spacial score (nSPS) is 33.2. The molecule has 1 amide bonds. The van der Waals surface area contributed by atoms with E-state index >= 15 is 0 Å². The molecule has 4 heteroatoms. The molecule has 2 saturated heterocycles. The number of nitrogens with zero attached hydrogens (tertiary/aromatic N) is 1. The third-order valence-corrected chi connectivity index (χ3v) is 3.17. The topological polar surface area (TPSA) is 41.6 Å². The number of ether oxygens (including phenoxy) is 1. The van der Waals surface area contributed by atoms with E-state index < -0.39 is 0 Å². The van der Waals surface area contributed by atoms with E-state index in [1.165, 1.54) is 0 Å². The fourth-order valence-corrected chi connectivity index (χ4v) is 2.30. The molecule has 1 atom stereocenters. The van der Waals surface area contributed by atoms with Gasteiger partial charge in [-0.05, 0) is 32.9 Å². The summed E-state index contributed by atoms with van der Waals surface area (Å²) < 4.78 is 5.52. The minimum Gasteiger partial charge on any atom is -0.441 e. The van der Waals surface area contributed by atoms with Gasteiger partial charge in [0, 0.05) is 13.0 Å². The van der Waals surface area contributed by atoms with Gasteiger partial charge in [-0.15, -0.1) is 0 Å². The second kappa shape index (κ2) is 3.77. The van der Waals surface area contributed by atoms with Gasteiger partial charge in [-0.1, -0.05) is 0 Å². The Hall–Kier alpha value is -0.770. The molecule has 2 aliphatic heterocycles. The van der Waals surface area contributed by atoms with Gasteiger partial charge < -0.3 is 15.0 Å². The molecule has 14 heavy (non-hydrogen) atoms. The average Bonchev–Trinajstić information content (AvgIpc) is 2.36. The van der Waals surface area contributed by atoms with Crippen LogP contribution in [-0.4, -0.2) is 42.8 Å². The lowest BCUT2D eigenvalue weighted by atomic mass is 9.95. The van der Waals surface area contributed by atoms with Crippen LogP contribution in [0.5, 0.6) is 0 Å². The molecule has 0 aromatic rings. The van der Waals surface area contributed by atoms with Crippen LogP contribution in [0.1, 0.15) is 26.2 Å². The van der Waals surface area contributed by atoms with Crippen LogP contribution in [0.2, 0.25) is 0 Å². The van der Waals surface area contributed by atoms with Crippen LogP contribution in [0, 0.1) is 0 Å². The van der Waals surface area contributed by atoms with Gasteiger partial charge in [0.15, 0.2) is 0 Å². The maximum atomic E-state index is 11.5. The van der Waals surface area contributed by atoms with Gasteiger partial charge in [-0.2, -0.15) is 0 Å². The molecule has 0 aliphatic carbocycles. The lowest BCUT2D eigenvalue weighted by Gasteiger charge is -2.24. The summed E-state index contributed by atoms with van der Waals surface area (Å²) in [4.78, 5) is 13.3. The number of hydrogen-bond acceptors (Lipinski definition) is 3. The van der Waals surface area contributed by atoms with Crippen molar-refractivity contribution in [3.63, 3.8) is 0 Å². The highest BCUT2D eigenvalue weighted by Crippen LogP contribution is 2.31. The lowest BCUT2D eigenvalue weighted by molar-refractivity contribution is 0.0470. The highest BCUT2D eigenvalue weighted by molar-refractivity contribution is 5.70. The SMILES string of the molecule is CCN1CC2(CCCNCC2)OC1=O. The fourth-order valence-electron chi connectivity index (χ4n) is 2.30. The van der Waals surface area contributed by atoms with Crippen LogP contribution in [0.25, 0.3) is 0 Å². The quantitative estimate of drug-likeness (QED) is 0.682. The van der Waals surface area contributed by atoms with Crippen molar-refractivity contribution in [2.75, 3.05) is 26.2 Å². The van der Waals surface area contributed by atoms with Gasteiger partial charge in [0.1, 0.15) is 5.60 Å². The van der Waals surface area contributed by atoms with Crippen molar-refractivity contribution >= 4 is 6.09 Å². The van der Waals surface area contributed by atoms with Gasteiger partial charge in [-0.3, -0.25) is 0 Å². The molecule has 2 aliphatic rings. The van der Waals surface area contributed by atoms with E-state index in [-0.39, 0.29) is 11.7 Å². The number of rotatable bonds is 1. The Morgan fingerprint density at radius 3 is 3.07 bits per heavy atom. The minimum absolute atomic E-state index is 0.130. The van der Waals surface area contributed by atoms with Gasteiger partial charge >= 0.3 is 6.09 Å². The van der Waals surface area contributed by atoms with E-state index in [4.69, 9.17) is 4.74 Å². The molecule has 2 fully saturated rings. The Morgan fingerprint density at radius 1 is 1.50 bits per heavy atom. The van der Waals surface area contributed by atoms with Gasteiger partial charge in [0.05, 0.1) is 6.54 Å². The van der Waals surface area contributed by atoms with Crippen LogP contribution in [0.4, 0.5) is 4.79 Å². The predicted octanol–water partition coefficient (Wildman–Crippen LogP) is 0.971. The van der Waals surface area contributed by atoms with Crippen molar-refractivity contribution < 1.29 is 9.53 Å². The van der Waals surface area contributed by atoms with Gasteiger partial charge in [0.2, 0.25) is 0 Å². The maximum absolute atomic E-state index is 11.5. The van der Waals surface area contributed by atoms with Crippen molar-refractivity contribution in [3.05, 3.63) is 0 Å². The number of likely N-dealkylation sites (N-methyl/N-ethyl adjacent to an activating group) is 1. The van der Waals surface area contributed by atoms with Crippen molar-refractivity contribution in [2.24, 2.45) is 0 Å². The molecule has 0 aromatic carbocycles. The van der Waals surface area contributed by atoms with Gasteiger partial charge in [-0.25, -0.2) is 4.79 Å². The van der Waals surface area contributed by atoms with E-state index in [2.05, 4.69) is 5.32 Å². The highest BCUT2D eigenvalue weighted by atomic mass is 16.6. The van der Waals surface area contributed by atoms with Crippen molar-refractivity contribution in [1.82, 2.24) is 10.2 Å². The molecular formula is C10H18N2O2. The monoisotopic (exact) mass is 198 g/mol. The Kier molecular flexibility index (Phi) is 2.63. The van der Waals surface area contributed by atoms with Gasteiger partial charge in [0.25, 0.3) is 0 Å². The second-order valence-corrected chi connectivity index (χ2v) is 4.17. The average molecular weight is 198 g/mol. The van der Waals surface area contributed by atoms with E-state index in [1.807, 2.05) is 6.92 Å². The second-order valence-electron chi connectivity index (χ2n) is 4.17. The lowest BCUT2D eigenvalue weighted by Crippen LogP contribution is -2.35. The number of amides is 1. The Labute approximate surface area is 84.6 Å². The minimum atomic E-state index is -0.184. The summed E-state index contributed by atoms with van der Waals surface area (Å²) in [6, 6.07) is 0. The zero-order valence-corrected chi connectivity index (χ0v) is 8.71. The molecule has 1 N–H and O–H groups in total. The summed E-state index contributed by atoms with van der Waals surface area (Å²) in [6.07, 6.45) is 2.93. The highest BCUT2D eigenvalue weighted by Gasteiger charge is 2.44. The number of carbonyl (C=O) groups is 1. The van der Waals surface area contributed by atoms with Crippen LogP contribution in [-0.2, 0) is 4.74 Å². The van der Waals surface area contributed by atoms with E-state index in [0.29, 0.717) is 0 Å². The summed E-state index contributed by atoms with van der Waals surface area (Å²) in [5.41, 5.74) is -0.184. The first kappa shape index (κ1) is 9.77. The smallest absolute Gasteiger partial charge is 0.410 e. The zero-order valence-electron chi connectivity index (χ0n) is 8.71. The standard InChI is InChI=1S/C10H18N2O2/c1-2-12-8-10(14-9(12)13)4-3-6-11-7-5-10/h11H,2-8H2,1H3. The molecule has 0 saturated carbocycles. The van der Waals surface area contributed by atoms with Crippen LogP contribution >= 0.6 is 0 Å². The van der Waals surface area contributed by atoms with Crippen LogP contribution < -0.4 is 5.32 Å². The van der Waals surface area contributed by atoms with Crippen LogP contribution in [0.3, 0.4) is 0 Å². The van der Waals surface area contributed by atoms with Crippen molar-refractivity contribution in [2.45, 2.75) is 31.8 Å². The molecular weight excluding hydrogens is 180 g/mol. The number of carbonyl (C=O) groups excluding carboxylic acids is 1. The third-order valence-electron chi connectivity index (χ3n) is 3.17. The molecule has 4 nitrogen and oxygen atoms in total. The summed E-state index contributed by atoms with van der Waals surface area (Å²) in [5.74, 6) is 0. The zero-order chi connectivity index (χ0) is 10.0. The van der Waals surface area contributed by atoms with Crippen molar-refractivity contribution in [1.29, 1.82) is 0 Å². The summed E-state index contributed by atoms with van der Waals surface area (Å²) in [7, 11) is 0. The fraction of sp³-hybridized carbons (Fsp3) is 0.900. The molecule has 1 unspecified atom stereocenters. The molecule has 0 bridgehead atoms. The molecule has 80 valence electrons. The third kappa shape index (κ3) is 1.71.